The Labute approximate surface area is 113 Å². The second kappa shape index (κ2) is 5.84. The van der Waals surface area contributed by atoms with Gasteiger partial charge in [-0.3, -0.25) is 9.59 Å². The number of nitrogens with one attached hydrogen (secondary N) is 2. The number of carbonyl (C=O) groups is 2. The lowest BCUT2D eigenvalue weighted by molar-refractivity contribution is -0.117. The third-order valence-corrected chi connectivity index (χ3v) is 2.61. The third kappa shape index (κ3) is 4.71. The summed E-state index contributed by atoms with van der Waals surface area (Å²) < 4.78 is 0. The fourth-order valence-electron chi connectivity index (χ4n) is 1.70. The molecule has 0 radical (unpaired) electrons. The smallest absolute Gasteiger partial charge is 0.251 e. The first-order chi connectivity index (χ1) is 8.73. The molecule has 1 rings (SSSR count). The van der Waals surface area contributed by atoms with Crippen LogP contribution in [-0.4, -0.2) is 24.4 Å². The van der Waals surface area contributed by atoms with Crippen molar-refractivity contribution in [3.8, 4) is 0 Å². The third-order valence-electron chi connectivity index (χ3n) is 2.61. The molecule has 0 spiro atoms. The average molecular weight is 263 g/mol. The van der Waals surface area contributed by atoms with Crippen LogP contribution in [0.25, 0.3) is 0 Å². The lowest BCUT2D eigenvalue weighted by Crippen LogP contribution is -2.36. The zero-order chi connectivity index (χ0) is 14.6. The van der Waals surface area contributed by atoms with Gasteiger partial charge in [0.1, 0.15) is 0 Å². The molecule has 1 aromatic rings. The summed E-state index contributed by atoms with van der Waals surface area (Å²) >= 11 is 0. The maximum atomic E-state index is 11.8. The van der Waals surface area contributed by atoms with Gasteiger partial charge < -0.3 is 16.4 Å². The number of hydrogen-bond donors (Lipinski definition) is 3. The van der Waals surface area contributed by atoms with Crippen molar-refractivity contribution in [2.24, 2.45) is 5.73 Å². The molecule has 0 aliphatic heterocycles. The van der Waals surface area contributed by atoms with E-state index in [2.05, 4.69) is 10.6 Å². The molecule has 0 aliphatic carbocycles. The van der Waals surface area contributed by atoms with Gasteiger partial charge in [0.2, 0.25) is 5.91 Å². The van der Waals surface area contributed by atoms with E-state index in [1.54, 1.807) is 39.1 Å². The van der Waals surface area contributed by atoms with E-state index < -0.39 is 5.54 Å². The van der Waals surface area contributed by atoms with E-state index in [4.69, 9.17) is 5.73 Å². The lowest BCUT2D eigenvalue weighted by Gasteiger charge is -2.18. The lowest BCUT2D eigenvalue weighted by atomic mass is 10.0. The van der Waals surface area contributed by atoms with E-state index in [-0.39, 0.29) is 18.2 Å². The van der Waals surface area contributed by atoms with Gasteiger partial charge in [0, 0.05) is 30.3 Å². The standard InChI is InChI=1S/C14H21N3O2/c1-9-7-10(13(19)16-4)5-6-11(9)17-12(18)8-14(2,3)15/h5-7H,8,15H2,1-4H3,(H,16,19)(H,17,18). The zero-order valence-corrected chi connectivity index (χ0v) is 11.8. The predicted octanol–water partition coefficient (Wildman–Crippen LogP) is 1.42. The van der Waals surface area contributed by atoms with Gasteiger partial charge in [0.25, 0.3) is 5.91 Å². The zero-order valence-electron chi connectivity index (χ0n) is 11.8. The Morgan fingerprint density at radius 3 is 2.42 bits per heavy atom. The van der Waals surface area contributed by atoms with E-state index in [0.29, 0.717) is 11.3 Å². The summed E-state index contributed by atoms with van der Waals surface area (Å²) in [5.74, 6) is -0.285. The van der Waals surface area contributed by atoms with Crippen molar-refractivity contribution in [3.05, 3.63) is 29.3 Å². The number of aryl methyl sites for hydroxylation is 1. The van der Waals surface area contributed by atoms with Gasteiger partial charge in [-0.15, -0.1) is 0 Å². The van der Waals surface area contributed by atoms with Gasteiger partial charge in [-0.25, -0.2) is 0 Å². The summed E-state index contributed by atoms with van der Waals surface area (Å²) in [5, 5.41) is 5.36. The molecule has 1 aromatic carbocycles. The van der Waals surface area contributed by atoms with Crippen LogP contribution < -0.4 is 16.4 Å². The molecule has 0 bridgehead atoms. The summed E-state index contributed by atoms with van der Waals surface area (Å²) in [7, 11) is 1.58. The number of nitrogens with two attached hydrogens (primary N) is 1. The molecule has 0 unspecified atom stereocenters. The maximum absolute atomic E-state index is 11.8. The van der Waals surface area contributed by atoms with Crippen LogP contribution in [0.2, 0.25) is 0 Å². The van der Waals surface area contributed by atoms with E-state index in [9.17, 15) is 9.59 Å². The molecule has 0 aromatic heterocycles. The highest BCUT2D eigenvalue weighted by atomic mass is 16.2. The van der Waals surface area contributed by atoms with Crippen LogP contribution in [0.4, 0.5) is 5.69 Å². The summed E-state index contributed by atoms with van der Waals surface area (Å²) in [6, 6.07) is 5.14. The van der Waals surface area contributed by atoms with E-state index in [1.165, 1.54) is 0 Å². The fourth-order valence-corrected chi connectivity index (χ4v) is 1.70. The molecule has 5 nitrogen and oxygen atoms in total. The molecule has 4 N–H and O–H groups in total. The van der Waals surface area contributed by atoms with Crippen molar-refractivity contribution >= 4 is 17.5 Å². The van der Waals surface area contributed by atoms with Crippen LogP contribution >= 0.6 is 0 Å². The molecule has 0 heterocycles. The number of rotatable bonds is 4. The summed E-state index contributed by atoms with van der Waals surface area (Å²) in [4.78, 5) is 23.3. The SMILES string of the molecule is CNC(=O)c1ccc(NC(=O)CC(C)(C)N)c(C)c1. The van der Waals surface area contributed by atoms with Gasteiger partial charge in [0.15, 0.2) is 0 Å². The van der Waals surface area contributed by atoms with Crippen LogP contribution in [-0.2, 0) is 4.79 Å². The minimum Gasteiger partial charge on any atom is -0.355 e. The molecule has 0 aliphatic rings. The molecule has 0 saturated heterocycles. The summed E-state index contributed by atoms with van der Waals surface area (Å²) in [6.45, 7) is 5.44. The van der Waals surface area contributed by atoms with E-state index in [1.807, 2.05) is 6.92 Å². The molecule has 0 atom stereocenters. The van der Waals surface area contributed by atoms with Crippen LogP contribution in [0.15, 0.2) is 18.2 Å². The van der Waals surface area contributed by atoms with Crippen LogP contribution in [0.3, 0.4) is 0 Å². The predicted molar refractivity (Wildman–Crippen MR) is 76.1 cm³/mol. The molecule has 5 heteroatoms. The molecule has 2 amide bonds. The number of benzene rings is 1. The Morgan fingerprint density at radius 1 is 1.32 bits per heavy atom. The van der Waals surface area contributed by atoms with Gasteiger partial charge >= 0.3 is 0 Å². The second-order valence-electron chi connectivity index (χ2n) is 5.32. The second-order valence-corrected chi connectivity index (χ2v) is 5.32. The van der Waals surface area contributed by atoms with Crippen molar-refractivity contribution in [2.45, 2.75) is 32.7 Å². The van der Waals surface area contributed by atoms with Crippen molar-refractivity contribution in [3.63, 3.8) is 0 Å². The number of carbonyl (C=O) groups excluding carboxylic acids is 2. The molecule has 104 valence electrons. The van der Waals surface area contributed by atoms with Gasteiger partial charge in [-0.2, -0.15) is 0 Å². The molecule has 19 heavy (non-hydrogen) atoms. The van der Waals surface area contributed by atoms with E-state index >= 15 is 0 Å². The number of hydrogen-bond acceptors (Lipinski definition) is 3. The monoisotopic (exact) mass is 263 g/mol. The number of amides is 2. The Balaban J connectivity index is 2.81. The first kappa shape index (κ1) is 15.2. The quantitative estimate of drug-likeness (QED) is 0.768. The van der Waals surface area contributed by atoms with Crippen LogP contribution in [0.1, 0.15) is 36.2 Å². The molecular weight excluding hydrogens is 242 g/mol. The first-order valence-electron chi connectivity index (χ1n) is 6.14. The Hall–Kier alpha value is -1.88. The normalized spacial score (nSPS) is 11.0. The number of anilines is 1. The molecule has 0 fully saturated rings. The van der Waals surface area contributed by atoms with Gasteiger partial charge in [-0.05, 0) is 44.5 Å². The van der Waals surface area contributed by atoms with Crippen molar-refractivity contribution < 1.29 is 9.59 Å². The highest BCUT2D eigenvalue weighted by Crippen LogP contribution is 2.17. The highest BCUT2D eigenvalue weighted by molar-refractivity contribution is 5.96. The summed E-state index contributed by atoms with van der Waals surface area (Å²) in [6.07, 6.45) is 0.240. The van der Waals surface area contributed by atoms with E-state index in [0.717, 1.165) is 5.56 Å². The Bertz CT molecular complexity index is 490. The largest absolute Gasteiger partial charge is 0.355 e. The molecule has 0 saturated carbocycles. The minimum absolute atomic E-state index is 0.136. The van der Waals surface area contributed by atoms with Crippen molar-refractivity contribution in [1.82, 2.24) is 5.32 Å². The fraction of sp³-hybridized carbons (Fsp3) is 0.429. The Morgan fingerprint density at radius 2 is 1.95 bits per heavy atom. The van der Waals surface area contributed by atoms with Gasteiger partial charge in [-0.1, -0.05) is 0 Å². The van der Waals surface area contributed by atoms with Crippen molar-refractivity contribution in [1.29, 1.82) is 0 Å². The van der Waals surface area contributed by atoms with Crippen LogP contribution in [0.5, 0.6) is 0 Å². The highest BCUT2D eigenvalue weighted by Gasteiger charge is 2.17. The topological polar surface area (TPSA) is 84.2 Å². The first-order valence-corrected chi connectivity index (χ1v) is 6.14. The maximum Gasteiger partial charge on any atom is 0.251 e. The Kier molecular flexibility index (Phi) is 4.67. The van der Waals surface area contributed by atoms with Crippen LogP contribution in [0, 0.1) is 6.92 Å². The minimum atomic E-state index is -0.542. The van der Waals surface area contributed by atoms with Crippen molar-refractivity contribution in [2.75, 3.05) is 12.4 Å². The molecular formula is C14H21N3O2. The average Bonchev–Trinajstić information content (AvgIpc) is 2.28. The summed E-state index contributed by atoms with van der Waals surface area (Å²) in [5.41, 5.74) is 7.35. The van der Waals surface area contributed by atoms with Gasteiger partial charge in [0.05, 0.1) is 0 Å².